The summed E-state index contributed by atoms with van der Waals surface area (Å²) in [5.41, 5.74) is 1.22. The van der Waals surface area contributed by atoms with E-state index in [4.69, 9.17) is 14.2 Å². The molecule has 0 amide bonds. The Morgan fingerprint density at radius 3 is 2.74 bits per heavy atom. The number of benzene rings is 1. The molecule has 0 saturated heterocycles. The molecule has 8 heteroatoms. The van der Waals surface area contributed by atoms with Crippen LogP contribution < -0.4 is 10.3 Å². The van der Waals surface area contributed by atoms with Crippen LogP contribution in [0.15, 0.2) is 29.1 Å². The fourth-order valence-corrected chi connectivity index (χ4v) is 3.87. The number of nitrogens with zero attached hydrogens (tertiary/aromatic N) is 1. The summed E-state index contributed by atoms with van der Waals surface area (Å²) in [6, 6.07) is 7.56. The number of methoxy groups -OCH3 is 2. The second-order valence-electron chi connectivity index (χ2n) is 5.87. The van der Waals surface area contributed by atoms with Crippen LogP contribution in [0.4, 0.5) is 0 Å². The number of H-pyrrole nitrogens is 1. The number of para-hydroxylation sites is 1. The monoisotopic (exact) mass is 388 g/mol. The zero-order chi connectivity index (χ0) is 19.4. The van der Waals surface area contributed by atoms with E-state index in [2.05, 4.69) is 9.97 Å². The maximum atomic E-state index is 12.6. The SMILES string of the molecule is COCCOC(=O)c1sc2nc(Cc3ccccc3OC)[nH]c(=O)c2c1C. The van der Waals surface area contributed by atoms with Crippen LogP contribution in [0, 0.1) is 6.92 Å². The highest BCUT2D eigenvalue weighted by atomic mass is 32.1. The maximum absolute atomic E-state index is 12.6. The fraction of sp³-hybridized carbons (Fsp3) is 0.316. The van der Waals surface area contributed by atoms with Gasteiger partial charge in [0.15, 0.2) is 0 Å². The zero-order valence-electron chi connectivity index (χ0n) is 15.3. The van der Waals surface area contributed by atoms with Gasteiger partial charge in [-0.15, -0.1) is 11.3 Å². The van der Waals surface area contributed by atoms with Gasteiger partial charge in [-0.25, -0.2) is 9.78 Å². The number of rotatable bonds is 7. The normalized spacial score (nSPS) is 10.9. The fourth-order valence-electron chi connectivity index (χ4n) is 2.78. The van der Waals surface area contributed by atoms with E-state index in [-0.39, 0.29) is 12.2 Å². The summed E-state index contributed by atoms with van der Waals surface area (Å²) in [7, 11) is 3.13. The first-order valence-corrected chi connectivity index (χ1v) is 9.17. The Morgan fingerprint density at radius 2 is 2.00 bits per heavy atom. The highest BCUT2D eigenvalue weighted by molar-refractivity contribution is 7.20. The number of ether oxygens (including phenoxy) is 3. The van der Waals surface area contributed by atoms with Crippen molar-refractivity contribution in [2.24, 2.45) is 0 Å². The van der Waals surface area contributed by atoms with Crippen LogP contribution in [0.5, 0.6) is 5.75 Å². The molecule has 0 aliphatic rings. The molecule has 0 spiro atoms. The molecule has 2 heterocycles. The molecular formula is C19H20N2O5S. The minimum Gasteiger partial charge on any atom is -0.496 e. The van der Waals surface area contributed by atoms with E-state index >= 15 is 0 Å². The first-order valence-electron chi connectivity index (χ1n) is 8.35. The molecule has 0 unspecified atom stereocenters. The highest BCUT2D eigenvalue weighted by Gasteiger charge is 2.20. The van der Waals surface area contributed by atoms with Crippen molar-refractivity contribution in [1.29, 1.82) is 0 Å². The van der Waals surface area contributed by atoms with Gasteiger partial charge in [0.25, 0.3) is 5.56 Å². The Bertz CT molecular complexity index is 1020. The van der Waals surface area contributed by atoms with Gasteiger partial charge in [-0.2, -0.15) is 0 Å². The molecule has 2 aromatic heterocycles. The summed E-state index contributed by atoms with van der Waals surface area (Å²) in [4.78, 5) is 33.1. The van der Waals surface area contributed by atoms with Crippen molar-refractivity contribution in [2.45, 2.75) is 13.3 Å². The molecule has 0 bridgehead atoms. The molecule has 27 heavy (non-hydrogen) atoms. The Labute approximate surface area is 159 Å². The minimum atomic E-state index is -0.474. The topological polar surface area (TPSA) is 90.5 Å². The van der Waals surface area contributed by atoms with Crippen molar-refractivity contribution in [3.63, 3.8) is 0 Å². The van der Waals surface area contributed by atoms with Crippen LogP contribution in [0.2, 0.25) is 0 Å². The number of hydrogen-bond acceptors (Lipinski definition) is 7. The Morgan fingerprint density at radius 1 is 1.22 bits per heavy atom. The molecule has 3 rings (SSSR count). The summed E-state index contributed by atoms with van der Waals surface area (Å²) < 4.78 is 15.4. The third-order valence-corrected chi connectivity index (χ3v) is 5.27. The van der Waals surface area contributed by atoms with E-state index in [0.29, 0.717) is 39.5 Å². The predicted molar refractivity (Wildman–Crippen MR) is 103 cm³/mol. The number of nitrogens with one attached hydrogen (secondary N) is 1. The van der Waals surface area contributed by atoms with E-state index in [1.54, 1.807) is 14.0 Å². The zero-order valence-corrected chi connectivity index (χ0v) is 16.1. The van der Waals surface area contributed by atoms with Crippen molar-refractivity contribution < 1.29 is 19.0 Å². The number of carbonyl (C=O) groups excluding carboxylic acids is 1. The van der Waals surface area contributed by atoms with Gasteiger partial charge in [-0.05, 0) is 18.6 Å². The molecule has 0 saturated carbocycles. The van der Waals surface area contributed by atoms with Gasteiger partial charge in [-0.1, -0.05) is 18.2 Å². The smallest absolute Gasteiger partial charge is 0.348 e. The molecule has 0 radical (unpaired) electrons. The van der Waals surface area contributed by atoms with Crippen LogP contribution in [0.1, 0.15) is 26.6 Å². The van der Waals surface area contributed by atoms with Crippen molar-refractivity contribution in [3.8, 4) is 5.75 Å². The standard InChI is InChI=1S/C19H20N2O5S/c1-11-15-17(22)20-14(10-12-6-4-5-7-13(12)25-3)21-18(15)27-16(11)19(23)26-9-8-24-2/h4-7H,8-10H2,1-3H3,(H,20,21,22). The molecule has 0 aliphatic heterocycles. The van der Waals surface area contributed by atoms with E-state index in [9.17, 15) is 9.59 Å². The Hall–Kier alpha value is -2.71. The average molecular weight is 388 g/mol. The van der Waals surface area contributed by atoms with Gasteiger partial charge in [0, 0.05) is 19.1 Å². The second-order valence-corrected chi connectivity index (χ2v) is 6.87. The number of carbonyl (C=O) groups is 1. The lowest BCUT2D eigenvalue weighted by molar-refractivity contribution is 0.0393. The van der Waals surface area contributed by atoms with Crippen molar-refractivity contribution >= 4 is 27.5 Å². The lowest BCUT2D eigenvalue weighted by Gasteiger charge is -2.07. The molecule has 0 fully saturated rings. The van der Waals surface area contributed by atoms with Gasteiger partial charge in [-0.3, -0.25) is 4.79 Å². The van der Waals surface area contributed by atoms with Crippen LogP contribution in [0.25, 0.3) is 10.2 Å². The molecule has 0 aliphatic carbocycles. The number of aromatic nitrogens is 2. The minimum absolute atomic E-state index is 0.159. The Kier molecular flexibility index (Phi) is 5.88. The first kappa shape index (κ1) is 19.1. The quantitative estimate of drug-likeness (QED) is 0.494. The van der Waals surface area contributed by atoms with Crippen molar-refractivity contribution in [2.75, 3.05) is 27.4 Å². The van der Waals surface area contributed by atoms with Gasteiger partial charge < -0.3 is 19.2 Å². The highest BCUT2D eigenvalue weighted by Crippen LogP contribution is 2.28. The summed E-state index contributed by atoms with van der Waals surface area (Å²) >= 11 is 1.16. The molecule has 1 N–H and O–H groups in total. The van der Waals surface area contributed by atoms with Gasteiger partial charge in [0.2, 0.25) is 0 Å². The summed E-state index contributed by atoms with van der Waals surface area (Å²) in [5.74, 6) is 0.765. The number of thiophene rings is 1. The van der Waals surface area contributed by atoms with E-state index < -0.39 is 5.97 Å². The molecule has 3 aromatic rings. The van der Waals surface area contributed by atoms with Crippen LogP contribution in [-0.2, 0) is 15.9 Å². The van der Waals surface area contributed by atoms with Gasteiger partial charge in [0.05, 0.1) is 19.1 Å². The lowest BCUT2D eigenvalue weighted by atomic mass is 10.1. The summed E-state index contributed by atoms with van der Waals surface area (Å²) in [6.45, 7) is 2.20. The van der Waals surface area contributed by atoms with E-state index in [1.807, 2.05) is 24.3 Å². The summed E-state index contributed by atoms with van der Waals surface area (Å²) in [5, 5.41) is 0.419. The van der Waals surface area contributed by atoms with Crippen LogP contribution in [0.3, 0.4) is 0 Å². The van der Waals surface area contributed by atoms with E-state index in [1.165, 1.54) is 7.11 Å². The first-order chi connectivity index (χ1) is 13.0. The largest absolute Gasteiger partial charge is 0.496 e. The van der Waals surface area contributed by atoms with Crippen molar-refractivity contribution in [1.82, 2.24) is 9.97 Å². The molecule has 142 valence electrons. The summed E-state index contributed by atoms with van der Waals surface area (Å²) in [6.07, 6.45) is 0.416. The third kappa shape index (κ3) is 4.01. The second kappa shape index (κ2) is 8.32. The maximum Gasteiger partial charge on any atom is 0.348 e. The number of hydrogen-bond donors (Lipinski definition) is 1. The van der Waals surface area contributed by atoms with Crippen LogP contribution in [-0.4, -0.2) is 43.4 Å². The molecular weight excluding hydrogens is 368 g/mol. The van der Waals surface area contributed by atoms with E-state index in [0.717, 1.165) is 22.6 Å². The van der Waals surface area contributed by atoms with Crippen molar-refractivity contribution in [3.05, 3.63) is 56.4 Å². The number of fused-ring (bicyclic) bond motifs is 1. The molecule has 0 atom stereocenters. The number of aromatic amines is 1. The molecule has 7 nitrogen and oxygen atoms in total. The molecule has 1 aromatic carbocycles. The van der Waals surface area contributed by atoms with Gasteiger partial charge >= 0.3 is 5.97 Å². The average Bonchev–Trinajstić information content (AvgIpc) is 2.99. The van der Waals surface area contributed by atoms with Gasteiger partial charge in [0.1, 0.15) is 27.9 Å². The lowest BCUT2D eigenvalue weighted by Crippen LogP contribution is -2.13. The number of esters is 1. The third-order valence-electron chi connectivity index (χ3n) is 4.11. The van der Waals surface area contributed by atoms with Crippen LogP contribution >= 0.6 is 11.3 Å². The predicted octanol–water partition coefficient (Wildman–Crippen LogP) is 2.70. The Balaban J connectivity index is 1.94. The number of aryl methyl sites for hydroxylation is 1.